The van der Waals surface area contributed by atoms with Crippen LogP contribution in [-0.2, 0) is 19.1 Å². The Morgan fingerprint density at radius 3 is 2.49 bits per heavy atom. The molecule has 14 heteroatoms. The maximum Gasteiger partial charge on any atom is 0.419 e. The monoisotopic (exact) mass is 568 g/mol. The van der Waals surface area contributed by atoms with Crippen LogP contribution in [0.4, 0.5) is 10.5 Å². The van der Waals surface area contributed by atoms with Crippen molar-refractivity contribution in [1.29, 1.82) is 0 Å². The van der Waals surface area contributed by atoms with Gasteiger partial charge in [-0.05, 0) is 50.5 Å². The van der Waals surface area contributed by atoms with Crippen molar-refractivity contribution >= 4 is 47.7 Å². The molecule has 1 aromatic carbocycles. The average molecular weight is 569 g/mol. The highest BCUT2D eigenvalue weighted by Gasteiger charge is 2.27. The van der Waals surface area contributed by atoms with Gasteiger partial charge < -0.3 is 30.6 Å². The minimum atomic E-state index is -1.35. The number of carbonyl (C=O) groups excluding carboxylic acids is 4. The molecule has 0 bridgehead atoms. The van der Waals surface area contributed by atoms with Crippen LogP contribution in [0.25, 0.3) is 0 Å². The Morgan fingerprint density at radius 1 is 1.12 bits per heavy atom. The topological polar surface area (TPSA) is 206 Å². The third-order valence-electron chi connectivity index (χ3n) is 5.48. The molecule has 14 nitrogen and oxygen atoms in total. The van der Waals surface area contributed by atoms with E-state index in [4.69, 9.17) is 15.6 Å². The van der Waals surface area contributed by atoms with Gasteiger partial charge in [0.05, 0.1) is 23.3 Å². The van der Waals surface area contributed by atoms with Crippen LogP contribution in [-0.4, -0.2) is 76.9 Å². The molecule has 1 heterocycles. The van der Waals surface area contributed by atoms with E-state index in [1.54, 1.807) is 32.0 Å². The van der Waals surface area contributed by atoms with Crippen molar-refractivity contribution < 1.29 is 38.6 Å². The number of nitrogens with one attached hydrogen (secondary N) is 2. The number of nitrogens with two attached hydrogens (primary N) is 1. The van der Waals surface area contributed by atoms with Gasteiger partial charge in [-0.3, -0.25) is 9.59 Å². The van der Waals surface area contributed by atoms with Gasteiger partial charge in [0.1, 0.15) is 0 Å². The SMILES string of the molecule is CCCN(C(=O)OCOC(=O)/C=C/C(=O)O)C(=O)c1c[nH]c(C(N=CN)=Nc2cc(C(=O)NCC)ccc2C)c1C. The zero-order valence-electron chi connectivity index (χ0n) is 23.1. The minimum Gasteiger partial charge on any atom is -0.478 e. The van der Waals surface area contributed by atoms with Crippen molar-refractivity contribution in [2.45, 2.75) is 34.1 Å². The van der Waals surface area contributed by atoms with Crippen molar-refractivity contribution in [2.24, 2.45) is 15.7 Å². The normalized spacial score (nSPS) is 11.5. The molecular weight excluding hydrogens is 536 g/mol. The van der Waals surface area contributed by atoms with Crippen molar-refractivity contribution in [3.8, 4) is 0 Å². The second-order valence-corrected chi connectivity index (χ2v) is 8.40. The number of imide groups is 1. The Bertz CT molecular complexity index is 1390. The number of amidine groups is 1. The number of carbonyl (C=O) groups is 5. The van der Waals surface area contributed by atoms with E-state index >= 15 is 0 Å². The fraction of sp³-hybridized carbons (Fsp3) is 0.296. The predicted molar refractivity (Wildman–Crippen MR) is 149 cm³/mol. The number of aliphatic imine (C=N–C) groups is 2. The van der Waals surface area contributed by atoms with E-state index in [2.05, 4.69) is 25.0 Å². The molecule has 0 radical (unpaired) electrons. The number of amides is 3. The van der Waals surface area contributed by atoms with Crippen LogP contribution in [0, 0.1) is 13.8 Å². The maximum absolute atomic E-state index is 13.3. The van der Waals surface area contributed by atoms with Gasteiger partial charge in [0.25, 0.3) is 11.8 Å². The van der Waals surface area contributed by atoms with Crippen LogP contribution in [0.1, 0.15) is 57.8 Å². The largest absolute Gasteiger partial charge is 0.478 e. The number of carboxylic acids is 1. The molecule has 2 aromatic rings. The first-order valence-electron chi connectivity index (χ1n) is 12.5. The highest BCUT2D eigenvalue weighted by atomic mass is 16.7. The van der Waals surface area contributed by atoms with Gasteiger partial charge in [0.2, 0.25) is 6.79 Å². The van der Waals surface area contributed by atoms with E-state index in [1.165, 1.54) is 6.20 Å². The third kappa shape index (κ3) is 8.88. The summed E-state index contributed by atoms with van der Waals surface area (Å²) in [5, 5.41) is 11.3. The number of carboxylic acid groups (broad SMARTS) is 1. The second-order valence-electron chi connectivity index (χ2n) is 8.40. The van der Waals surface area contributed by atoms with Crippen LogP contribution in [0.15, 0.2) is 46.5 Å². The number of aliphatic carboxylic acids is 1. The minimum absolute atomic E-state index is 0.00179. The van der Waals surface area contributed by atoms with E-state index in [9.17, 15) is 24.0 Å². The summed E-state index contributed by atoms with van der Waals surface area (Å²) in [5.74, 6) is -3.22. The fourth-order valence-electron chi connectivity index (χ4n) is 3.47. The molecular formula is C27H32N6O8. The molecule has 0 aliphatic rings. The zero-order valence-corrected chi connectivity index (χ0v) is 23.1. The fourth-order valence-corrected chi connectivity index (χ4v) is 3.47. The van der Waals surface area contributed by atoms with E-state index < -0.39 is 30.7 Å². The van der Waals surface area contributed by atoms with Gasteiger partial charge in [-0.1, -0.05) is 13.0 Å². The number of esters is 1. The van der Waals surface area contributed by atoms with E-state index in [0.717, 1.165) is 16.8 Å². The van der Waals surface area contributed by atoms with Gasteiger partial charge in [-0.25, -0.2) is 29.3 Å². The van der Waals surface area contributed by atoms with Gasteiger partial charge in [-0.15, -0.1) is 0 Å². The maximum atomic E-state index is 13.3. The number of nitrogens with zero attached hydrogens (tertiary/aromatic N) is 3. The van der Waals surface area contributed by atoms with E-state index in [1.807, 2.05) is 13.8 Å². The Morgan fingerprint density at radius 2 is 1.85 bits per heavy atom. The lowest BCUT2D eigenvalue weighted by Crippen LogP contribution is -2.38. The molecule has 0 spiro atoms. The summed E-state index contributed by atoms with van der Waals surface area (Å²) < 4.78 is 9.51. The number of aromatic amines is 1. The Labute approximate surface area is 235 Å². The lowest BCUT2D eigenvalue weighted by atomic mass is 10.1. The molecule has 218 valence electrons. The van der Waals surface area contributed by atoms with Crippen molar-refractivity contribution in [2.75, 3.05) is 19.9 Å². The number of H-pyrrole nitrogens is 1. The van der Waals surface area contributed by atoms with Crippen LogP contribution in [0.5, 0.6) is 0 Å². The summed E-state index contributed by atoms with van der Waals surface area (Å²) in [7, 11) is 0. The standard InChI is InChI=1S/C27H32N6O8/c1-5-11-33(27(39)41-15-40-22(36)10-9-21(34)35)26(38)19-13-30-23(17(19)4)24(31-14-28)32-20-12-18(8-7-16(20)3)25(37)29-6-2/h7-10,12-14,30H,5-6,11,15H2,1-4H3,(H,29,37)(H,34,35)(H2,28,31,32)/b10-9+. The van der Waals surface area contributed by atoms with Gasteiger partial charge in [0, 0.05) is 37.0 Å². The summed E-state index contributed by atoms with van der Waals surface area (Å²) in [6.07, 6.45) is 2.98. The van der Waals surface area contributed by atoms with Gasteiger partial charge >= 0.3 is 18.0 Å². The summed E-state index contributed by atoms with van der Waals surface area (Å²) in [4.78, 5) is 72.7. The Kier molecular flexibility index (Phi) is 12.0. The van der Waals surface area contributed by atoms with Gasteiger partial charge in [0.15, 0.2) is 5.84 Å². The molecule has 0 saturated heterocycles. The van der Waals surface area contributed by atoms with Gasteiger partial charge in [-0.2, -0.15) is 0 Å². The molecule has 0 aliphatic heterocycles. The van der Waals surface area contributed by atoms with Crippen LogP contribution in [0.2, 0.25) is 0 Å². The first-order chi connectivity index (χ1) is 19.5. The number of rotatable bonds is 11. The van der Waals surface area contributed by atoms with Crippen molar-refractivity contribution in [3.05, 3.63) is 64.5 Å². The average Bonchev–Trinajstić information content (AvgIpc) is 3.32. The van der Waals surface area contributed by atoms with Crippen molar-refractivity contribution in [3.63, 3.8) is 0 Å². The number of aryl methyl sites for hydroxylation is 1. The molecule has 3 amide bonds. The predicted octanol–water partition coefficient (Wildman–Crippen LogP) is 2.58. The molecule has 2 rings (SSSR count). The lowest BCUT2D eigenvalue weighted by molar-refractivity contribution is -0.146. The van der Waals surface area contributed by atoms with Crippen LogP contribution < -0.4 is 11.1 Å². The summed E-state index contributed by atoms with van der Waals surface area (Å²) >= 11 is 0. The van der Waals surface area contributed by atoms with Crippen LogP contribution >= 0.6 is 0 Å². The molecule has 41 heavy (non-hydrogen) atoms. The summed E-state index contributed by atoms with van der Waals surface area (Å²) in [6.45, 7) is 6.63. The molecule has 5 N–H and O–H groups in total. The number of aromatic nitrogens is 1. The first kappa shape index (κ1) is 31.9. The number of hydrogen-bond acceptors (Lipinski definition) is 8. The number of ether oxygens (including phenoxy) is 2. The highest BCUT2D eigenvalue weighted by molar-refractivity contribution is 6.09. The molecule has 1 aromatic heterocycles. The first-order valence-corrected chi connectivity index (χ1v) is 12.5. The zero-order chi connectivity index (χ0) is 30.5. The summed E-state index contributed by atoms with van der Waals surface area (Å²) in [6, 6.07) is 5.04. The molecule has 0 fully saturated rings. The third-order valence-corrected chi connectivity index (χ3v) is 5.48. The Balaban J connectivity index is 2.33. The number of benzene rings is 1. The molecule has 0 atom stereocenters. The van der Waals surface area contributed by atoms with E-state index in [-0.39, 0.29) is 23.9 Å². The summed E-state index contributed by atoms with van der Waals surface area (Å²) in [5.41, 5.74) is 8.08. The molecule has 0 unspecified atom stereocenters. The molecule has 0 saturated carbocycles. The molecule has 0 aliphatic carbocycles. The van der Waals surface area contributed by atoms with Crippen LogP contribution in [0.3, 0.4) is 0 Å². The van der Waals surface area contributed by atoms with E-state index in [0.29, 0.717) is 47.6 Å². The van der Waals surface area contributed by atoms with Crippen molar-refractivity contribution in [1.82, 2.24) is 15.2 Å². The highest BCUT2D eigenvalue weighted by Crippen LogP contribution is 2.24. The smallest absolute Gasteiger partial charge is 0.419 e. The Hall–Kier alpha value is -5.27. The second kappa shape index (κ2) is 15.4. The lowest BCUT2D eigenvalue weighted by Gasteiger charge is -2.19. The quantitative estimate of drug-likeness (QED) is 0.103. The number of hydrogen-bond donors (Lipinski definition) is 4.